The van der Waals surface area contributed by atoms with Gasteiger partial charge in [-0.1, -0.05) is 37.6 Å². The van der Waals surface area contributed by atoms with E-state index in [0.29, 0.717) is 29.7 Å². The predicted molar refractivity (Wildman–Crippen MR) is 113 cm³/mol. The first kappa shape index (κ1) is 19.6. The average molecular weight is 414 g/mol. The Bertz CT molecular complexity index is 998. The maximum atomic E-state index is 12.8. The number of hydrogen-bond donors (Lipinski definition) is 2. The van der Waals surface area contributed by atoms with Gasteiger partial charge in [-0.25, -0.2) is 4.98 Å². The van der Waals surface area contributed by atoms with Crippen LogP contribution in [0.3, 0.4) is 0 Å². The molecule has 0 radical (unpaired) electrons. The summed E-state index contributed by atoms with van der Waals surface area (Å²) in [7, 11) is 0. The molecule has 1 atom stereocenters. The Labute approximate surface area is 174 Å². The lowest BCUT2D eigenvalue weighted by molar-refractivity contribution is -0.121. The van der Waals surface area contributed by atoms with Crippen LogP contribution in [0.5, 0.6) is 11.5 Å². The molecule has 4 rings (SSSR count). The van der Waals surface area contributed by atoms with Crippen molar-refractivity contribution in [3.63, 3.8) is 0 Å². The van der Waals surface area contributed by atoms with Gasteiger partial charge in [-0.2, -0.15) is 0 Å². The van der Waals surface area contributed by atoms with Crippen LogP contribution in [0, 0.1) is 5.92 Å². The summed E-state index contributed by atoms with van der Waals surface area (Å²) in [5, 5.41) is 3.57. The highest BCUT2D eigenvalue weighted by Crippen LogP contribution is 2.38. The molecule has 0 fully saturated rings. The number of rotatable bonds is 5. The molecule has 29 heavy (non-hydrogen) atoms. The monoisotopic (exact) mass is 413 g/mol. The van der Waals surface area contributed by atoms with Gasteiger partial charge in [-0.15, -0.1) is 0 Å². The lowest BCUT2D eigenvalue weighted by Gasteiger charge is -2.20. The molecular formula is C22H24ClN3O3. The van der Waals surface area contributed by atoms with Gasteiger partial charge in [0.05, 0.1) is 41.7 Å². The van der Waals surface area contributed by atoms with Crippen LogP contribution in [0.2, 0.25) is 5.02 Å². The van der Waals surface area contributed by atoms with E-state index in [2.05, 4.69) is 29.1 Å². The number of ether oxygens (including phenoxy) is 2. The first-order chi connectivity index (χ1) is 14.0. The standard InChI is InChI=1S/C22H24ClN3O3/c1-13(2)20(22-24-16-6-3-4-7-17(16)25-22)26-19(27)12-14-10-15(23)21-18(11-14)28-8-5-9-29-21/h3-4,6-7,10-11,13,20H,5,8-9,12H2,1-2H3,(H,24,25)(H,26,27). The van der Waals surface area contributed by atoms with Crippen molar-refractivity contribution in [3.8, 4) is 11.5 Å². The van der Waals surface area contributed by atoms with Crippen LogP contribution in [0.4, 0.5) is 0 Å². The fourth-order valence-corrected chi connectivity index (χ4v) is 3.75. The number of halogens is 1. The molecule has 0 spiro atoms. The third-order valence-corrected chi connectivity index (χ3v) is 5.19. The van der Waals surface area contributed by atoms with Gasteiger partial charge in [-0.3, -0.25) is 4.79 Å². The third kappa shape index (κ3) is 4.32. The molecule has 2 heterocycles. The number of imidazole rings is 1. The van der Waals surface area contributed by atoms with E-state index in [1.807, 2.05) is 30.3 Å². The zero-order chi connectivity index (χ0) is 20.4. The van der Waals surface area contributed by atoms with E-state index < -0.39 is 0 Å². The van der Waals surface area contributed by atoms with Gasteiger partial charge in [0.2, 0.25) is 5.91 Å². The Hall–Kier alpha value is -2.73. The molecule has 6 nitrogen and oxygen atoms in total. The van der Waals surface area contributed by atoms with E-state index in [9.17, 15) is 4.79 Å². The first-order valence-electron chi connectivity index (χ1n) is 9.83. The fourth-order valence-electron chi connectivity index (χ4n) is 3.47. The van der Waals surface area contributed by atoms with Crippen LogP contribution in [0.1, 0.15) is 37.7 Å². The number of benzene rings is 2. The first-order valence-corrected chi connectivity index (χ1v) is 10.2. The maximum absolute atomic E-state index is 12.8. The zero-order valence-electron chi connectivity index (χ0n) is 16.5. The predicted octanol–water partition coefficient (Wildman–Crippen LogP) is 4.43. The van der Waals surface area contributed by atoms with Crippen molar-refractivity contribution in [2.75, 3.05) is 13.2 Å². The van der Waals surface area contributed by atoms with Crippen molar-refractivity contribution in [3.05, 3.63) is 52.8 Å². The van der Waals surface area contributed by atoms with Gasteiger partial charge in [0, 0.05) is 6.42 Å². The third-order valence-electron chi connectivity index (χ3n) is 4.91. The van der Waals surface area contributed by atoms with Crippen LogP contribution < -0.4 is 14.8 Å². The molecule has 1 unspecified atom stereocenters. The number of fused-ring (bicyclic) bond motifs is 2. The zero-order valence-corrected chi connectivity index (χ0v) is 17.3. The van der Waals surface area contributed by atoms with Gasteiger partial charge < -0.3 is 19.8 Å². The highest BCUT2D eigenvalue weighted by atomic mass is 35.5. The topological polar surface area (TPSA) is 76.2 Å². The number of amides is 1. The van der Waals surface area contributed by atoms with Crippen molar-refractivity contribution in [1.82, 2.24) is 15.3 Å². The van der Waals surface area contributed by atoms with Gasteiger partial charge in [-0.05, 0) is 35.7 Å². The SMILES string of the molecule is CC(C)C(NC(=O)Cc1cc(Cl)c2c(c1)OCCCO2)c1nc2ccccc2[nH]1. The summed E-state index contributed by atoms with van der Waals surface area (Å²) in [6.07, 6.45) is 0.994. The lowest BCUT2D eigenvalue weighted by Crippen LogP contribution is -2.33. The minimum atomic E-state index is -0.217. The molecule has 0 bridgehead atoms. The second-order valence-electron chi connectivity index (χ2n) is 7.56. The van der Waals surface area contributed by atoms with Crippen molar-refractivity contribution in [2.45, 2.75) is 32.7 Å². The van der Waals surface area contributed by atoms with Gasteiger partial charge >= 0.3 is 0 Å². The molecule has 1 aliphatic heterocycles. The van der Waals surface area contributed by atoms with Crippen molar-refractivity contribution in [1.29, 1.82) is 0 Å². The van der Waals surface area contributed by atoms with Gasteiger partial charge in [0.15, 0.2) is 11.5 Å². The second-order valence-corrected chi connectivity index (χ2v) is 7.97. The van der Waals surface area contributed by atoms with Crippen molar-refractivity contribution in [2.24, 2.45) is 5.92 Å². The molecule has 3 aromatic rings. The smallest absolute Gasteiger partial charge is 0.225 e. The Balaban J connectivity index is 1.51. The number of para-hydroxylation sites is 2. The van der Waals surface area contributed by atoms with Crippen molar-refractivity contribution < 1.29 is 14.3 Å². The molecule has 152 valence electrons. The Kier molecular flexibility index (Phi) is 5.62. The number of nitrogens with one attached hydrogen (secondary N) is 2. The molecule has 2 N–H and O–H groups in total. The molecule has 1 aromatic heterocycles. The summed E-state index contributed by atoms with van der Waals surface area (Å²) in [6, 6.07) is 11.2. The molecule has 7 heteroatoms. The van der Waals surface area contributed by atoms with Crippen LogP contribution in [0.15, 0.2) is 36.4 Å². The Morgan fingerprint density at radius 3 is 2.83 bits per heavy atom. The van der Waals surface area contributed by atoms with Gasteiger partial charge in [0.1, 0.15) is 5.82 Å². The van der Waals surface area contributed by atoms with Crippen LogP contribution in [0.25, 0.3) is 11.0 Å². The van der Waals surface area contributed by atoms with E-state index in [4.69, 9.17) is 21.1 Å². The highest BCUT2D eigenvalue weighted by Gasteiger charge is 2.23. The second kappa shape index (κ2) is 8.33. The van der Waals surface area contributed by atoms with E-state index in [1.54, 1.807) is 6.07 Å². The summed E-state index contributed by atoms with van der Waals surface area (Å²) < 4.78 is 11.4. The molecule has 1 amide bonds. The summed E-state index contributed by atoms with van der Waals surface area (Å²) in [5.74, 6) is 1.97. The van der Waals surface area contributed by atoms with E-state index in [0.717, 1.165) is 28.8 Å². The molecular weight excluding hydrogens is 390 g/mol. The Morgan fingerprint density at radius 1 is 1.24 bits per heavy atom. The minimum Gasteiger partial charge on any atom is -0.489 e. The molecule has 0 saturated heterocycles. The fraction of sp³-hybridized carbons (Fsp3) is 0.364. The van der Waals surface area contributed by atoms with Crippen molar-refractivity contribution >= 4 is 28.5 Å². The quantitative estimate of drug-likeness (QED) is 0.648. The van der Waals surface area contributed by atoms with E-state index >= 15 is 0 Å². The summed E-state index contributed by atoms with van der Waals surface area (Å²) in [5.41, 5.74) is 2.62. The molecule has 0 aliphatic carbocycles. The molecule has 2 aromatic carbocycles. The lowest BCUT2D eigenvalue weighted by atomic mass is 10.0. The number of carbonyl (C=O) groups is 1. The Morgan fingerprint density at radius 2 is 2.03 bits per heavy atom. The van der Waals surface area contributed by atoms with Crippen LogP contribution in [-0.4, -0.2) is 29.1 Å². The van der Waals surface area contributed by atoms with E-state index in [1.165, 1.54) is 0 Å². The summed E-state index contributed by atoms with van der Waals surface area (Å²) >= 11 is 6.35. The molecule has 1 aliphatic rings. The minimum absolute atomic E-state index is 0.102. The number of carbonyl (C=O) groups excluding carboxylic acids is 1. The number of hydrogen-bond acceptors (Lipinski definition) is 4. The number of H-pyrrole nitrogens is 1. The number of aromatic amines is 1. The van der Waals surface area contributed by atoms with E-state index in [-0.39, 0.29) is 24.3 Å². The summed E-state index contributed by atoms with van der Waals surface area (Å²) in [4.78, 5) is 20.8. The summed E-state index contributed by atoms with van der Waals surface area (Å²) in [6.45, 7) is 5.26. The average Bonchev–Trinajstić information content (AvgIpc) is 2.96. The molecule has 0 saturated carbocycles. The highest BCUT2D eigenvalue weighted by molar-refractivity contribution is 6.32. The van der Waals surface area contributed by atoms with Crippen LogP contribution >= 0.6 is 11.6 Å². The number of nitrogens with zero attached hydrogens (tertiary/aromatic N) is 1. The normalized spacial score (nSPS) is 14.6. The maximum Gasteiger partial charge on any atom is 0.225 e. The largest absolute Gasteiger partial charge is 0.489 e. The van der Waals surface area contributed by atoms with Gasteiger partial charge in [0.25, 0.3) is 0 Å². The number of aromatic nitrogens is 2. The van der Waals surface area contributed by atoms with Crippen LogP contribution in [-0.2, 0) is 11.2 Å².